The van der Waals surface area contributed by atoms with Crippen molar-refractivity contribution in [2.45, 2.75) is 18.2 Å². The fraction of sp³-hybridized carbons (Fsp3) is 0.250. The fourth-order valence-electron chi connectivity index (χ4n) is 1.54. The van der Waals surface area contributed by atoms with Crippen LogP contribution < -0.4 is 0 Å². The van der Waals surface area contributed by atoms with Crippen LogP contribution in [0.3, 0.4) is 0 Å². The van der Waals surface area contributed by atoms with Gasteiger partial charge >= 0.3 is 5.97 Å². The number of nitrogens with zero attached hydrogens (tertiary/aromatic N) is 1. The van der Waals surface area contributed by atoms with Gasteiger partial charge in [-0.15, -0.1) is 0 Å². The van der Waals surface area contributed by atoms with Crippen LogP contribution in [0.2, 0.25) is 0 Å². The van der Waals surface area contributed by atoms with Crippen LogP contribution >= 0.6 is 15.9 Å². The molecule has 17 heavy (non-hydrogen) atoms. The Balaban J connectivity index is 3.40. The lowest BCUT2D eigenvalue weighted by Gasteiger charge is -2.13. The maximum absolute atomic E-state index is 11.3. The molecule has 1 N–H and O–H groups in total. The number of Topliss-reactive ketones (excluding diaryl/α,β-unsaturated/α-hetero) is 1. The summed E-state index contributed by atoms with van der Waals surface area (Å²) >= 11 is 3.20. The Bertz CT molecular complexity index is 505. The third kappa shape index (κ3) is 2.92. The zero-order valence-corrected chi connectivity index (χ0v) is 10.7. The summed E-state index contributed by atoms with van der Waals surface area (Å²) in [4.78, 5) is 21.8. The number of hydrogen-bond donors (Lipinski definition) is 1. The van der Waals surface area contributed by atoms with Crippen LogP contribution in [-0.2, 0) is 11.2 Å². The Hall–Kier alpha value is -1.67. The first-order valence-corrected chi connectivity index (χ1v) is 5.77. The summed E-state index contributed by atoms with van der Waals surface area (Å²) in [6.45, 7) is 1.41. The molecule has 0 bridgehead atoms. The molecule has 1 rings (SSSR count). The van der Waals surface area contributed by atoms with Gasteiger partial charge in [0.15, 0.2) is 0 Å². The highest BCUT2D eigenvalue weighted by atomic mass is 79.9. The summed E-state index contributed by atoms with van der Waals surface area (Å²) in [6, 6.07) is 6.57. The zero-order valence-electron chi connectivity index (χ0n) is 9.11. The molecule has 88 valence electrons. The van der Waals surface area contributed by atoms with Crippen molar-refractivity contribution in [3.8, 4) is 6.07 Å². The maximum Gasteiger partial charge on any atom is 0.336 e. The summed E-state index contributed by atoms with van der Waals surface area (Å²) < 4.78 is 0. The molecule has 0 amide bonds. The number of ketones is 1. The molecule has 0 saturated heterocycles. The molecular formula is C12H10BrNO3. The van der Waals surface area contributed by atoms with Crippen molar-refractivity contribution in [1.82, 2.24) is 0 Å². The average molecular weight is 296 g/mol. The molecule has 1 aromatic rings. The number of halogens is 1. The quantitative estimate of drug-likeness (QED) is 0.866. The van der Waals surface area contributed by atoms with Crippen molar-refractivity contribution in [1.29, 1.82) is 5.26 Å². The van der Waals surface area contributed by atoms with Gasteiger partial charge < -0.3 is 5.11 Å². The van der Waals surface area contributed by atoms with Crippen molar-refractivity contribution < 1.29 is 14.7 Å². The summed E-state index contributed by atoms with van der Waals surface area (Å²) in [7, 11) is 0. The van der Waals surface area contributed by atoms with Gasteiger partial charge in [0, 0.05) is 0 Å². The first kappa shape index (κ1) is 13.4. The van der Waals surface area contributed by atoms with Crippen LogP contribution in [0.15, 0.2) is 18.2 Å². The molecule has 0 fully saturated rings. The van der Waals surface area contributed by atoms with Gasteiger partial charge in [-0.3, -0.25) is 4.79 Å². The van der Waals surface area contributed by atoms with Gasteiger partial charge in [-0.2, -0.15) is 5.26 Å². The van der Waals surface area contributed by atoms with Crippen LogP contribution in [0.1, 0.15) is 33.2 Å². The predicted octanol–water partition coefficient (Wildman–Crippen LogP) is 2.48. The van der Waals surface area contributed by atoms with Gasteiger partial charge in [-0.25, -0.2) is 4.79 Å². The molecule has 1 unspecified atom stereocenters. The normalized spacial score (nSPS) is 11.6. The van der Waals surface area contributed by atoms with E-state index in [4.69, 9.17) is 10.4 Å². The lowest BCUT2D eigenvalue weighted by Crippen LogP contribution is -2.10. The van der Waals surface area contributed by atoms with Gasteiger partial charge in [0.1, 0.15) is 5.78 Å². The Morgan fingerprint density at radius 3 is 2.65 bits per heavy atom. The fourth-order valence-corrected chi connectivity index (χ4v) is 1.97. The molecule has 0 aliphatic rings. The molecule has 0 aromatic heterocycles. The lowest BCUT2D eigenvalue weighted by molar-refractivity contribution is -0.116. The van der Waals surface area contributed by atoms with E-state index in [-0.39, 0.29) is 17.8 Å². The van der Waals surface area contributed by atoms with E-state index in [1.54, 1.807) is 12.1 Å². The van der Waals surface area contributed by atoms with Crippen LogP contribution in [0.25, 0.3) is 0 Å². The Kier molecular flexibility index (Phi) is 4.41. The van der Waals surface area contributed by atoms with Gasteiger partial charge in [0.2, 0.25) is 0 Å². The number of aromatic carboxylic acids is 1. The highest BCUT2D eigenvalue weighted by molar-refractivity contribution is 9.09. The number of carbonyl (C=O) groups is 2. The van der Waals surface area contributed by atoms with E-state index in [1.807, 2.05) is 6.07 Å². The molecule has 1 atom stereocenters. The second-order valence-electron chi connectivity index (χ2n) is 3.49. The minimum Gasteiger partial charge on any atom is -0.478 e. The van der Waals surface area contributed by atoms with E-state index >= 15 is 0 Å². The number of rotatable bonds is 4. The predicted molar refractivity (Wildman–Crippen MR) is 65.1 cm³/mol. The molecule has 4 nitrogen and oxygen atoms in total. The first-order valence-electron chi connectivity index (χ1n) is 4.85. The molecule has 0 saturated carbocycles. The number of carboxylic acid groups (broad SMARTS) is 1. The Morgan fingerprint density at radius 2 is 2.18 bits per heavy atom. The zero-order chi connectivity index (χ0) is 13.0. The van der Waals surface area contributed by atoms with E-state index in [0.717, 1.165) is 0 Å². The molecule has 0 radical (unpaired) electrons. The molecule has 0 aliphatic carbocycles. The minimum atomic E-state index is -1.10. The summed E-state index contributed by atoms with van der Waals surface area (Å²) in [5, 5.41) is 17.8. The van der Waals surface area contributed by atoms with Crippen LogP contribution in [0.5, 0.6) is 0 Å². The molecule has 5 heteroatoms. The van der Waals surface area contributed by atoms with Crippen molar-refractivity contribution >= 4 is 27.7 Å². The van der Waals surface area contributed by atoms with E-state index in [1.165, 1.54) is 13.0 Å². The molecule has 0 heterocycles. The van der Waals surface area contributed by atoms with Gasteiger partial charge in [-0.1, -0.05) is 28.1 Å². The van der Waals surface area contributed by atoms with Crippen molar-refractivity contribution in [2.75, 3.05) is 0 Å². The van der Waals surface area contributed by atoms with Gasteiger partial charge in [-0.05, 0) is 24.1 Å². The standard InChI is InChI=1S/C12H10BrNO3/c1-7(15)11(13)9-3-2-4-10(12(16)17)8(9)5-6-14/h2-4,11H,5H2,1H3,(H,16,17). The molecule has 1 aromatic carbocycles. The van der Waals surface area contributed by atoms with Gasteiger partial charge in [0.05, 0.1) is 22.9 Å². The molecule has 0 aliphatic heterocycles. The number of carbonyl (C=O) groups excluding carboxylic acids is 1. The van der Waals surface area contributed by atoms with Crippen LogP contribution in [0, 0.1) is 11.3 Å². The topological polar surface area (TPSA) is 78.2 Å². The smallest absolute Gasteiger partial charge is 0.336 e. The second-order valence-corrected chi connectivity index (χ2v) is 4.40. The Morgan fingerprint density at radius 1 is 1.53 bits per heavy atom. The van der Waals surface area contributed by atoms with E-state index < -0.39 is 10.8 Å². The largest absolute Gasteiger partial charge is 0.478 e. The van der Waals surface area contributed by atoms with Crippen LogP contribution in [-0.4, -0.2) is 16.9 Å². The van der Waals surface area contributed by atoms with Crippen molar-refractivity contribution in [3.05, 3.63) is 34.9 Å². The lowest BCUT2D eigenvalue weighted by atomic mass is 9.95. The first-order chi connectivity index (χ1) is 7.99. The van der Waals surface area contributed by atoms with E-state index in [9.17, 15) is 9.59 Å². The average Bonchev–Trinajstić information content (AvgIpc) is 2.28. The van der Waals surface area contributed by atoms with Crippen molar-refractivity contribution in [3.63, 3.8) is 0 Å². The van der Waals surface area contributed by atoms with Crippen LogP contribution in [0.4, 0.5) is 0 Å². The SMILES string of the molecule is CC(=O)C(Br)c1cccc(C(=O)O)c1CC#N. The molecule has 0 spiro atoms. The summed E-state index contributed by atoms with van der Waals surface area (Å²) in [5.74, 6) is -1.23. The highest BCUT2D eigenvalue weighted by Crippen LogP contribution is 2.29. The van der Waals surface area contributed by atoms with Crippen molar-refractivity contribution in [2.24, 2.45) is 0 Å². The summed E-state index contributed by atoms with van der Waals surface area (Å²) in [5.41, 5.74) is 0.994. The second kappa shape index (κ2) is 5.60. The number of hydrogen-bond acceptors (Lipinski definition) is 3. The minimum absolute atomic E-state index is 0.0345. The Labute approximate surface area is 107 Å². The maximum atomic E-state index is 11.3. The van der Waals surface area contributed by atoms with Gasteiger partial charge in [0.25, 0.3) is 0 Å². The third-order valence-corrected chi connectivity index (χ3v) is 3.47. The van der Waals surface area contributed by atoms with E-state index in [0.29, 0.717) is 11.1 Å². The van der Waals surface area contributed by atoms with E-state index in [2.05, 4.69) is 15.9 Å². The monoisotopic (exact) mass is 295 g/mol. The summed E-state index contributed by atoms with van der Waals surface area (Å²) in [6.07, 6.45) is -0.0345. The number of alkyl halides is 1. The third-order valence-electron chi connectivity index (χ3n) is 2.33. The highest BCUT2D eigenvalue weighted by Gasteiger charge is 2.20. The number of nitriles is 1. The number of benzene rings is 1. The molecular weight excluding hydrogens is 286 g/mol. The number of carboxylic acids is 1.